The molecule has 2 aromatic heterocycles. The smallest absolute Gasteiger partial charge is 0.475 e. The van der Waals surface area contributed by atoms with Crippen LogP contribution in [-0.4, -0.2) is 64.1 Å². The third kappa shape index (κ3) is 5.84. The molecule has 4 heterocycles. The number of hydrogen-bond acceptors (Lipinski definition) is 6. The van der Waals surface area contributed by atoms with E-state index in [4.69, 9.17) is 9.90 Å². The van der Waals surface area contributed by atoms with Gasteiger partial charge in [0.2, 0.25) is 0 Å². The molecule has 0 unspecified atom stereocenters. The highest BCUT2D eigenvalue weighted by Crippen LogP contribution is 2.26. The summed E-state index contributed by atoms with van der Waals surface area (Å²) in [5, 5.41) is 8.94. The first-order chi connectivity index (χ1) is 14.6. The van der Waals surface area contributed by atoms with Crippen molar-refractivity contribution in [2.24, 2.45) is 0 Å². The maximum absolute atomic E-state index is 12.9. The standard InChI is InChI=1S/C16H22N4O2S2.C2HF3O2/c21-24(22,16-5-3-10-23-16)20-9-4-8-19-13-17-14(15(19)12-20)11-18-6-1-2-7-18;3-2(4,5)1(6)7/h3,5,10,13H,1-2,4,6-9,11-12H2;(H,6,7). The van der Waals surface area contributed by atoms with Crippen LogP contribution >= 0.6 is 11.3 Å². The van der Waals surface area contributed by atoms with Crippen LogP contribution in [0.1, 0.15) is 30.7 Å². The molecule has 172 valence electrons. The zero-order valence-electron chi connectivity index (χ0n) is 16.6. The summed E-state index contributed by atoms with van der Waals surface area (Å²) in [5.74, 6) is -2.76. The molecule has 0 aromatic carbocycles. The molecule has 13 heteroatoms. The molecule has 31 heavy (non-hydrogen) atoms. The molecular formula is C18H23F3N4O4S2. The molecule has 0 spiro atoms. The van der Waals surface area contributed by atoms with Gasteiger partial charge in [0.15, 0.2) is 0 Å². The van der Waals surface area contributed by atoms with Gasteiger partial charge < -0.3 is 9.67 Å². The van der Waals surface area contributed by atoms with E-state index in [1.54, 1.807) is 16.4 Å². The first-order valence-electron chi connectivity index (χ1n) is 9.68. The van der Waals surface area contributed by atoms with Crippen LogP contribution < -0.4 is 0 Å². The summed E-state index contributed by atoms with van der Waals surface area (Å²) in [5.41, 5.74) is 2.09. The zero-order valence-corrected chi connectivity index (χ0v) is 18.2. The molecule has 0 radical (unpaired) electrons. The minimum absolute atomic E-state index is 0.420. The van der Waals surface area contributed by atoms with E-state index in [0.717, 1.165) is 44.0 Å². The zero-order chi connectivity index (χ0) is 22.6. The van der Waals surface area contributed by atoms with Gasteiger partial charge in [-0.15, -0.1) is 11.3 Å². The predicted octanol–water partition coefficient (Wildman–Crippen LogP) is 2.77. The number of carboxylic acid groups (broad SMARTS) is 1. The van der Waals surface area contributed by atoms with Crippen LogP contribution in [0.25, 0.3) is 0 Å². The first-order valence-corrected chi connectivity index (χ1v) is 12.0. The Morgan fingerprint density at radius 3 is 2.42 bits per heavy atom. The predicted molar refractivity (Wildman–Crippen MR) is 107 cm³/mol. The number of aryl methyl sites for hydroxylation is 1. The van der Waals surface area contributed by atoms with Gasteiger partial charge in [0, 0.05) is 19.6 Å². The molecule has 0 saturated carbocycles. The summed E-state index contributed by atoms with van der Waals surface area (Å²) >= 11 is 1.28. The van der Waals surface area contributed by atoms with Crippen LogP contribution in [0.2, 0.25) is 0 Å². The Bertz CT molecular complexity index is 984. The fraction of sp³-hybridized carbons (Fsp3) is 0.556. The third-order valence-corrected chi connectivity index (χ3v) is 8.29. The summed E-state index contributed by atoms with van der Waals surface area (Å²) in [6, 6.07) is 3.48. The Morgan fingerprint density at radius 2 is 1.84 bits per heavy atom. The van der Waals surface area contributed by atoms with E-state index in [1.165, 1.54) is 24.2 Å². The van der Waals surface area contributed by atoms with Crippen molar-refractivity contribution in [1.29, 1.82) is 0 Å². The largest absolute Gasteiger partial charge is 0.490 e. The van der Waals surface area contributed by atoms with Gasteiger partial charge in [-0.2, -0.15) is 17.5 Å². The van der Waals surface area contributed by atoms with E-state index < -0.39 is 22.2 Å². The molecule has 1 N–H and O–H groups in total. The molecule has 8 nitrogen and oxygen atoms in total. The number of hydrogen-bond donors (Lipinski definition) is 1. The lowest BCUT2D eigenvalue weighted by Gasteiger charge is -2.20. The van der Waals surface area contributed by atoms with Gasteiger partial charge in [0.05, 0.1) is 24.3 Å². The van der Waals surface area contributed by atoms with Gasteiger partial charge in [-0.25, -0.2) is 18.2 Å². The number of carbonyl (C=O) groups is 1. The van der Waals surface area contributed by atoms with Gasteiger partial charge in [0.25, 0.3) is 10.0 Å². The Labute approximate surface area is 182 Å². The van der Waals surface area contributed by atoms with Gasteiger partial charge in [-0.3, -0.25) is 4.90 Å². The van der Waals surface area contributed by atoms with Crippen LogP contribution in [0, 0.1) is 0 Å². The summed E-state index contributed by atoms with van der Waals surface area (Å²) < 4.78 is 61.7. The Morgan fingerprint density at radius 1 is 1.16 bits per heavy atom. The summed E-state index contributed by atoms with van der Waals surface area (Å²) in [4.78, 5) is 15.9. The first kappa shape index (κ1) is 23.7. The van der Waals surface area contributed by atoms with Crippen LogP contribution in [0.15, 0.2) is 28.0 Å². The van der Waals surface area contributed by atoms with E-state index in [0.29, 0.717) is 17.3 Å². The highest BCUT2D eigenvalue weighted by Gasteiger charge is 2.38. The van der Waals surface area contributed by atoms with Crippen LogP contribution in [-0.2, 0) is 34.5 Å². The molecule has 1 fully saturated rings. The van der Waals surface area contributed by atoms with Crippen molar-refractivity contribution in [2.75, 3.05) is 19.6 Å². The average molecular weight is 481 g/mol. The molecule has 2 aliphatic rings. The molecule has 2 aromatic rings. The summed E-state index contributed by atoms with van der Waals surface area (Å²) in [7, 11) is -3.41. The van der Waals surface area contributed by atoms with Crippen molar-refractivity contribution >= 4 is 27.3 Å². The Balaban J connectivity index is 0.000000339. The van der Waals surface area contributed by atoms with Crippen molar-refractivity contribution in [3.8, 4) is 0 Å². The molecule has 0 amide bonds. The van der Waals surface area contributed by atoms with Gasteiger partial charge in [-0.05, 0) is 43.8 Å². The molecular weight excluding hydrogens is 457 g/mol. The quantitative estimate of drug-likeness (QED) is 0.723. The number of likely N-dealkylation sites (tertiary alicyclic amines) is 1. The highest BCUT2D eigenvalue weighted by atomic mass is 32.2. The number of aromatic nitrogens is 2. The van der Waals surface area contributed by atoms with Gasteiger partial charge in [-0.1, -0.05) is 6.07 Å². The monoisotopic (exact) mass is 480 g/mol. The fourth-order valence-corrected chi connectivity index (χ4v) is 6.10. The van der Waals surface area contributed by atoms with E-state index >= 15 is 0 Å². The van der Waals surface area contributed by atoms with Crippen molar-refractivity contribution < 1.29 is 31.5 Å². The summed E-state index contributed by atoms with van der Waals surface area (Å²) in [6.07, 6.45) is 0.100. The number of carboxylic acids is 1. The third-order valence-electron chi connectivity index (χ3n) is 5.07. The molecule has 0 aliphatic carbocycles. The normalized spacial score (nSPS) is 18.2. The molecule has 0 atom stereocenters. The van der Waals surface area contributed by atoms with Crippen molar-refractivity contribution in [3.05, 3.63) is 35.2 Å². The minimum atomic E-state index is -5.08. The second-order valence-electron chi connectivity index (χ2n) is 7.24. The molecule has 0 bridgehead atoms. The SMILES string of the molecule is O=C(O)C(F)(F)F.O=S(=O)(c1cccs1)N1CCCn2cnc(CN3CCCC3)c2C1. The van der Waals surface area contributed by atoms with Crippen molar-refractivity contribution in [3.63, 3.8) is 0 Å². The lowest BCUT2D eigenvalue weighted by Crippen LogP contribution is -2.31. The van der Waals surface area contributed by atoms with Crippen molar-refractivity contribution in [2.45, 2.75) is 49.3 Å². The summed E-state index contributed by atoms with van der Waals surface area (Å²) in [6.45, 7) is 4.87. The lowest BCUT2D eigenvalue weighted by atomic mass is 10.3. The topological polar surface area (TPSA) is 95.7 Å². The second kappa shape index (κ2) is 9.67. The number of rotatable bonds is 4. The van der Waals surface area contributed by atoms with Crippen LogP contribution in [0.5, 0.6) is 0 Å². The maximum Gasteiger partial charge on any atom is 0.490 e. The van der Waals surface area contributed by atoms with Crippen LogP contribution in [0.4, 0.5) is 13.2 Å². The lowest BCUT2D eigenvalue weighted by molar-refractivity contribution is -0.192. The van der Waals surface area contributed by atoms with E-state index in [9.17, 15) is 21.6 Å². The molecule has 2 aliphatic heterocycles. The van der Waals surface area contributed by atoms with Crippen LogP contribution in [0.3, 0.4) is 0 Å². The number of alkyl halides is 3. The number of sulfonamides is 1. The highest BCUT2D eigenvalue weighted by molar-refractivity contribution is 7.91. The van der Waals surface area contributed by atoms with E-state index in [1.807, 2.05) is 11.7 Å². The maximum atomic E-state index is 12.9. The number of thiophene rings is 1. The fourth-order valence-electron chi connectivity index (χ4n) is 3.51. The molecule has 1 saturated heterocycles. The Kier molecular flexibility index (Phi) is 7.39. The average Bonchev–Trinajstić information content (AvgIpc) is 3.43. The number of halogens is 3. The number of imidazole rings is 1. The Hall–Kier alpha value is -1.96. The second-order valence-corrected chi connectivity index (χ2v) is 10.4. The number of fused-ring (bicyclic) bond motifs is 1. The van der Waals surface area contributed by atoms with Gasteiger partial charge in [0.1, 0.15) is 4.21 Å². The van der Waals surface area contributed by atoms with E-state index in [2.05, 4.69) is 14.5 Å². The van der Waals surface area contributed by atoms with E-state index in [-0.39, 0.29) is 0 Å². The van der Waals surface area contributed by atoms with Crippen molar-refractivity contribution in [1.82, 2.24) is 18.8 Å². The molecule has 4 rings (SSSR count). The van der Waals surface area contributed by atoms with Gasteiger partial charge >= 0.3 is 12.1 Å². The number of aliphatic carboxylic acids is 1. The number of nitrogens with zero attached hydrogens (tertiary/aromatic N) is 4. The minimum Gasteiger partial charge on any atom is -0.475 e.